The van der Waals surface area contributed by atoms with E-state index in [-0.39, 0.29) is 5.92 Å². The minimum Gasteiger partial charge on any atom is -0.341 e. The SMILES string of the molecule is CC[C@@H](C)C(=O)N1CCCNCC1. The number of amides is 1. The fourth-order valence-electron chi connectivity index (χ4n) is 1.55. The highest BCUT2D eigenvalue weighted by molar-refractivity contribution is 5.78. The molecule has 13 heavy (non-hydrogen) atoms. The molecule has 0 unspecified atom stereocenters. The standard InChI is InChI=1S/C10H20N2O/c1-3-9(2)10(13)12-7-4-5-11-6-8-12/h9,11H,3-8H2,1-2H3/t9-/m1/s1. The molecule has 1 heterocycles. The van der Waals surface area contributed by atoms with Gasteiger partial charge in [0.15, 0.2) is 0 Å². The molecule has 0 bridgehead atoms. The zero-order chi connectivity index (χ0) is 9.68. The number of carbonyl (C=O) groups excluding carboxylic acids is 1. The van der Waals surface area contributed by atoms with Crippen molar-refractivity contribution in [3.63, 3.8) is 0 Å². The molecule has 1 aliphatic rings. The van der Waals surface area contributed by atoms with Gasteiger partial charge in [-0.05, 0) is 19.4 Å². The molecule has 3 nitrogen and oxygen atoms in total. The Labute approximate surface area is 80.5 Å². The molecule has 1 N–H and O–H groups in total. The molecule has 1 amide bonds. The first-order valence-corrected chi connectivity index (χ1v) is 5.25. The van der Waals surface area contributed by atoms with Crippen LogP contribution in [0.2, 0.25) is 0 Å². The quantitative estimate of drug-likeness (QED) is 0.690. The number of nitrogens with one attached hydrogen (secondary N) is 1. The Balaban J connectivity index is 2.43. The molecule has 0 aromatic carbocycles. The van der Waals surface area contributed by atoms with Gasteiger partial charge in [-0.1, -0.05) is 13.8 Å². The first-order chi connectivity index (χ1) is 6.25. The molecule has 1 fully saturated rings. The van der Waals surface area contributed by atoms with Crippen molar-refractivity contribution in [1.82, 2.24) is 10.2 Å². The van der Waals surface area contributed by atoms with E-state index in [9.17, 15) is 4.79 Å². The molecule has 1 atom stereocenters. The van der Waals surface area contributed by atoms with Gasteiger partial charge < -0.3 is 10.2 Å². The highest BCUT2D eigenvalue weighted by atomic mass is 16.2. The highest BCUT2D eigenvalue weighted by Crippen LogP contribution is 2.07. The summed E-state index contributed by atoms with van der Waals surface area (Å²) in [6.07, 6.45) is 2.03. The molecular weight excluding hydrogens is 164 g/mol. The molecule has 1 saturated heterocycles. The summed E-state index contributed by atoms with van der Waals surface area (Å²) in [5.41, 5.74) is 0. The third kappa shape index (κ3) is 2.99. The van der Waals surface area contributed by atoms with E-state index in [4.69, 9.17) is 0 Å². The lowest BCUT2D eigenvalue weighted by Crippen LogP contribution is -2.37. The largest absolute Gasteiger partial charge is 0.341 e. The number of nitrogens with zero attached hydrogens (tertiary/aromatic N) is 1. The van der Waals surface area contributed by atoms with Crippen LogP contribution in [0.5, 0.6) is 0 Å². The predicted octanol–water partition coefficient (Wildman–Crippen LogP) is 0.854. The van der Waals surface area contributed by atoms with Crippen molar-refractivity contribution in [2.45, 2.75) is 26.7 Å². The summed E-state index contributed by atoms with van der Waals surface area (Å²) >= 11 is 0. The van der Waals surface area contributed by atoms with E-state index < -0.39 is 0 Å². The lowest BCUT2D eigenvalue weighted by atomic mass is 10.1. The summed E-state index contributed by atoms with van der Waals surface area (Å²) in [4.78, 5) is 13.8. The summed E-state index contributed by atoms with van der Waals surface area (Å²) in [5.74, 6) is 0.518. The fourth-order valence-corrected chi connectivity index (χ4v) is 1.55. The van der Waals surface area contributed by atoms with Crippen LogP contribution in [0.25, 0.3) is 0 Å². The lowest BCUT2D eigenvalue weighted by Gasteiger charge is -2.23. The Kier molecular flexibility index (Phi) is 4.22. The highest BCUT2D eigenvalue weighted by Gasteiger charge is 2.19. The number of hydrogen-bond acceptors (Lipinski definition) is 2. The molecule has 0 aromatic rings. The van der Waals surface area contributed by atoms with E-state index in [2.05, 4.69) is 12.2 Å². The molecule has 1 rings (SSSR count). The van der Waals surface area contributed by atoms with Crippen molar-refractivity contribution in [3.8, 4) is 0 Å². The second kappa shape index (κ2) is 5.22. The van der Waals surface area contributed by atoms with Gasteiger partial charge in [-0.3, -0.25) is 4.79 Å². The molecular formula is C10H20N2O. The van der Waals surface area contributed by atoms with Crippen molar-refractivity contribution >= 4 is 5.91 Å². The van der Waals surface area contributed by atoms with Crippen LogP contribution in [0.15, 0.2) is 0 Å². The normalized spacial score (nSPS) is 20.9. The maximum atomic E-state index is 11.8. The van der Waals surface area contributed by atoms with Crippen LogP contribution in [0.3, 0.4) is 0 Å². The smallest absolute Gasteiger partial charge is 0.225 e. The molecule has 0 radical (unpaired) electrons. The van der Waals surface area contributed by atoms with E-state index in [0.29, 0.717) is 5.91 Å². The van der Waals surface area contributed by atoms with E-state index >= 15 is 0 Å². The summed E-state index contributed by atoms with van der Waals surface area (Å²) in [7, 11) is 0. The molecule has 0 aromatic heterocycles. The van der Waals surface area contributed by atoms with Gasteiger partial charge in [-0.2, -0.15) is 0 Å². The minimum absolute atomic E-state index is 0.193. The molecule has 0 aliphatic carbocycles. The Morgan fingerprint density at radius 3 is 2.92 bits per heavy atom. The second-order valence-corrected chi connectivity index (χ2v) is 3.74. The monoisotopic (exact) mass is 184 g/mol. The summed E-state index contributed by atoms with van der Waals surface area (Å²) in [5, 5.41) is 3.30. The van der Waals surface area contributed by atoms with Crippen molar-refractivity contribution in [2.75, 3.05) is 26.2 Å². The van der Waals surface area contributed by atoms with Gasteiger partial charge in [0.2, 0.25) is 5.91 Å². The molecule has 0 saturated carbocycles. The summed E-state index contributed by atoms with van der Waals surface area (Å²) in [6, 6.07) is 0. The third-order valence-corrected chi connectivity index (χ3v) is 2.69. The van der Waals surface area contributed by atoms with Crippen LogP contribution in [-0.2, 0) is 4.79 Å². The lowest BCUT2D eigenvalue weighted by molar-refractivity contribution is -0.134. The van der Waals surface area contributed by atoms with Gasteiger partial charge in [0.1, 0.15) is 0 Å². The first kappa shape index (κ1) is 10.5. The zero-order valence-electron chi connectivity index (χ0n) is 8.68. The summed E-state index contributed by atoms with van der Waals surface area (Å²) < 4.78 is 0. The molecule has 3 heteroatoms. The van der Waals surface area contributed by atoms with Crippen LogP contribution < -0.4 is 5.32 Å². The van der Waals surface area contributed by atoms with Crippen LogP contribution >= 0.6 is 0 Å². The Morgan fingerprint density at radius 1 is 1.46 bits per heavy atom. The van der Waals surface area contributed by atoms with Gasteiger partial charge in [-0.25, -0.2) is 0 Å². The molecule has 1 aliphatic heterocycles. The predicted molar refractivity (Wildman–Crippen MR) is 53.5 cm³/mol. The first-order valence-electron chi connectivity index (χ1n) is 5.25. The molecule has 76 valence electrons. The Morgan fingerprint density at radius 2 is 2.23 bits per heavy atom. The van der Waals surface area contributed by atoms with Crippen LogP contribution in [0, 0.1) is 5.92 Å². The number of hydrogen-bond donors (Lipinski definition) is 1. The van der Waals surface area contributed by atoms with E-state index in [1.807, 2.05) is 11.8 Å². The van der Waals surface area contributed by atoms with Crippen molar-refractivity contribution in [2.24, 2.45) is 5.92 Å². The van der Waals surface area contributed by atoms with Crippen LogP contribution in [-0.4, -0.2) is 37.0 Å². The van der Waals surface area contributed by atoms with Gasteiger partial charge in [0.05, 0.1) is 0 Å². The number of rotatable bonds is 2. The van der Waals surface area contributed by atoms with E-state index in [1.54, 1.807) is 0 Å². The minimum atomic E-state index is 0.193. The third-order valence-electron chi connectivity index (χ3n) is 2.69. The van der Waals surface area contributed by atoms with Gasteiger partial charge in [0, 0.05) is 25.6 Å². The van der Waals surface area contributed by atoms with Gasteiger partial charge in [0.25, 0.3) is 0 Å². The second-order valence-electron chi connectivity index (χ2n) is 3.74. The molecule has 0 spiro atoms. The Bertz CT molecular complexity index is 162. The van der Waals surface area contributed by atoms with Crippen LogP contribution in [0.4, 0.5) is 0 Å². The van der Waals surface area contributed by atoms with Crippen LogP contribution in [0.1, 0.15) is 26.7 Å². The maximum Gasteiger partial charge on any atom is 0.225 e. The fraction of sp³-hybridized carbons (Fsp3) is 0.900. The zero-order valence-corrected chi connectivity index (χ0v) is 8.68. The average Bonchev–Trinajstić information content (AvgIpc) is 2.43. The maximum absolute atomic E-state index is 11.8. The summed E-state index contributed by atoms with van der Waals surface area (Å²) in [6.45, 7) is 7.88. The topological polar surface area (TPSA) is 32.3 Å². The number of carbonyl (C=O) groups is 1. The van der Waals surface area contributed by atoms with Crippen molar-refractivity contribution in [3.05, 3.63) is 0 Å². The van der Waals surface area contributed by atoms with Gasteiger partial charge >= 0.3 is 0 Å². The van der Waals surface area contributed by atoms with Crippen molar-refractivity contribution < 1.29 is 4.79 Å². The van der Waals surface area contributed by atoms with Crippen molar-refractivity contribution in [1.29, 1.82) is 0 Å². The Hall–Kier alpha value is -0.570. The van der Waals surface area contributed by atoms with Gasteiger partial charge in [-0.15, -0.1) is 0 Å². The van der Waals surface area contributed by atoms with E-state index in [0.717, 1.165) is 39.0 Å². The average molecular weight is 184 g/mol. The van der Waals surface area contributed by atoms with E-state index in [1.165, 1.54) is 0 Å².